The van der Waals surface area contributed by atoms with E-state index in [1.165, 1.54) is 11.3 Å². The number of carbonyl (C=O) groups is 1. The van der Waals surface area contributed by atoms with E-state index >= 15 is 0 Å². The quantitative estimate of drug-likeness (QED) is 0.804. The molecule has 0 spiro atoms. The fourth-order valence-electron chi connectivity index (χ4n) is 3.52. The predicted molar refractivity (Wildman–Crippen MR) is 83.1 cm³/mol. The van der Waals surface area contributed by atoms with Crippen molar-refractivity contribution in [2.45, 2.75) is 31.7 Å². The Morgan fingerprint density at radius 2 is 2.15 bits per heavy atom. The summed E-state index contributed by atoms with van der Waals surface area (Å²) in [7, 11) is 0. The molecule has 1 aromatic heterocycles. The Hall–Kier alpha value is -1.03. The van der Waals surface area contributed by atoms with Gasteiger partial charge in [-0.2, -0.15) is 0 Å². The summed E-state index contributed by atoms with van der Waals surface area (Å²) in [6.45, 7) is 0.984. The van der Waals surface area contributed by atoms with E-state index in [0.29, 0.717) is 12.5 Å². The van der Waals surface area contributed by atoms with Gasteiger partial charge in [0, 0.05) is 28.6 Å². The van der Waals surface area contributed by atoms with E-state index < -0.39 is 0 Å². The lowest BCUT2D eigenvalue weighted by atomic mass is 9.96. The molecule has 1 unspecified atom stereocenters. The van der Waals surface area contributed by atoms with Gasteiger partial charge in [-0.25, -0.2) is 0 Å². The van der Waals surface area contributed by atoms with E-state index in [1.807, 2.05) is 22.8 Å². The molecule has 1 N–H and O–H groups in total. The number of nitrogens with zero attached hydrogens (tertiary/aromatic N) is 1. The summed E-state index contributed by atoms with van der Waals surface area (Å²) in [4.78, 5) is 12.4. The summed E-state index contributed by atoms with van der Waals surface area (Å²) >= 11 is 6.12. The van der Waals surface area contributed by atoms with Crippen molar-refractivity contribution in [2.75, 3.05) is 6.54 Å². The van der Waals surface area contributed by atoms with Gasteiger partial charge in [0.05, 0.1) is 5.52 Å². The molecule has 4 rings (SSSR count). The van der Waals surface area contributed by atoms with Gasteiger partial charge in [-0.3, -0.25) is 9.36 Å². The second kappa shape index (κ2) is 5.06. The fourth-order valence-corrected chi connectivity index (χ4v) is 3.69. The molecule has 0 fully saturated rings. The van der Waals surface area contributed by atoms with Crippen LogP contribution < -0.4 is 5.32 Å². The maximum Gasteiger partial charge on any atom is 0.231 e. The molecule has 0 bridgehead atoms. The van der Waals surface area contributed by atoms with E-state index in [-0.39, 0.29) is 18.3 Å². The van der Waals surface area contributed by atoms with Gasteiger partial charge in [-0.1, -0.05) is 11.6 Å². The molecule has 3 heterocycles. The number of hydrogen-bond donors (Lipinski definition) is 1. The van der Waals surface area contributed by atoms with E-state index in [4.69, 9.17) is 11.6 Å². The predicted octanol–water partition coefficient (Wildman–Crippen LogP) is 3.73. The van der Waals surface area contributed by atoms with Crippen LogP contribution in [0.15, 0.2) is 18.2 Å². The summed E-state index contributed by atoms with van der Waals surface area (Å²) in [6, 6.07) is 6.18. The third-order valence-corrected chi connectivity index (χ3v) is 4.54. The van der Waals surface area contributed by atoms with Crippen molar-refractivity contribution in [3.63, 3.8) is 0 Å². The average molecular weight is 311 g/mol. The van der Waals surface area contributed by atoms with Crippen LogP contribution in [0.1, 0.15) is 41.4 Å². The highest BCUT2D eigenvalue weighted by Crippen LogP contribution is 2.38. The second-order valence-electron chi connectivity index (χ2n) is 5.40. The Bertz CT molecular complexity index is 693. The maximum absolute atomic E-state index is 12.4. The first-order chi connectivity index (χ1) is 9.25. The van der Waals surface area contributed by atoms with E-state index in [0.717, 1.165) is 41.7 Å². The van der Waals surface area contributed by atoms with Gasteiger partial charge in [0.1, 0.15) is 0 Å². The van der Waals surface area contributed by atoms with E-state index in [9.17, 15) is 4.79 Å². The van der Waals surface area contributed by atoms with Crippen molar-refractivity contribution >= 4 is 40.8 Å². The number of nitrogens with one attached hydrogen (secondary N) is 1. The fraction of sp³-hybridized carbons (Fsp3) is 0.400. The average Bonchev–Trinajstić information content (AvgIpc) is 2.63. The standard InChI is InChI=1S/C15H15ClN2O.ClH/c16-9-4-5-13-11(8-9)10-6-7-17-12-2-1-3-14(19)18(13)15(10)12;/h4-5,8,12,17H,1-3,6-7H2;1H. The van der Waals surface area contributed by atoms with Gasteiger partial charge in [0.2, 0.25) is 5.91 Å². The minimum atomic E-state index is 0. The van der Waals surface area contributed by atoms with Crippen LogP contribution in [-0.4, -0.2) is 17.0 Å². The zero-order valence-electron chi connectivity index (χ0n) is 11.0. The lowest BCUT2D eigenvalue weighted by Crippen LogP contribution is -2.30. The minimum absolute atomic E-state index is 0. The van der Waals surface area contributed by atoms with E-state index in [1.54, 1.807) is 0 Å². The van der Waals surface area contributed by atoms with Crippen molar-refractivity contribution in [1.82, 2.24) is 9.88 Å². The molecule has 1 atom stereocenters. The highest BCUT2D eigenvalue weighted by atomic mass is 35.5. The van der Waals surface area contributed by atoms with Gasteiger partial charge in [0.15, 0.2) is 0 Å². The molecular formula is C15H16Cl2N2O. The first kappa shape index (κ1) is 13.9. The van der Waals surface area contributed by atoms with Crippen LogP contribution in [0.25, 0.3) is 10.9 Å². The van der Waals surface area contributed by atoms with Crippen LogP contribution in [0.3, 0.4) is 0 Å². The smallest absolute Gasteiger partial charge is 0.231 e. The number of benzene rings is 1. The normalized spacial score (nSPS) is 21.2. The zero-order valence-corrected chi connectivity index (χ0v) is 12.6. The molecule has 5 heteroatoms. The molecule has 3 nitrogen and oxygen atoms in total. The lowest BCUT2D eigenvalue weighted by Gasteiger charge is -2.24. The van der Waals surface area contributed by atoms with Crippen molar-refractivity contribution in [3.05, 3.63) is 34.5 Å². The number of aromatic nitrogens is 1. The molecule has 0 amide bonds. The van der Waals surface area contributed by atoms with Gasteiger partial charge in [-0.05, 0) is 49.6 Å². The summed E-state index contributed by atoms with van der Waals surface area (Å²) < 4.78 is 1.94. The van der Waals surface area contributed by atoms with Crippen LogP contribution in [0.5, 0.6) is 0 Å². The highest BCUT2D eigenvalue weighted by Gasteiger charge is 2.31. The Balaban J connectivity index is 0.00000121. The van der Waals surface area contributed by atoms with Crippen molar-refractivity contribution < 1.29 is 4.79 Å². The van der Waals surface area contributed by atoms with Crippen LogP contribution >= 0.6 is 24.0 Å². The summed E-state index contributed by atoms with van der Waals surface area (Å²) in [5, 5.41) is 5.45. The second-order valence-corrected chi connectivity index (χ2v) is 5.84. The molecule has 0 aliphatic carbocycles. The molecule has 0 saturated carbocycles. The molecule has 1 aromatic carbocycles. The Morgan fingerprint density at radius 1 is 1.30 bits per heavy atom. The number of carbonyl (C=O) groups excluding carboxylic acids is 1. The van der Waals surface area contributed by atoms with Gasteiger partial charge < -0.3 is 5.32 Å². The largest absolute Gasteiger partial charge is 0.308 e. The Kier molecular flexibility index (Phi) is 3.53. The third kappa shape index (κ3) is 1.88. The molecule has 2 aromatic rings. The van der Waals surface area contributed by atoms with E-state index in [2.05, 4.69) is 5.32 Å². The summed E-state index contributed by atoms with van der Waals surface area (Å²) in [6.07, 6.45) is 3.62. The topological polar surface area (TPSA) is 34.0 Å². The maximum atomic E-state index is 12.4. The van der Waals surface area contributed by atoms with Crippen LogP contribution in [0.4, 0.5) is 0 Å². The van der Waals surface area contributed by atoms with Crippen molar-refractivity contribution in [1.29, 1.82) is 0 Å². The van der Waals surface area contributed by atoms with Crippen molar-refractivity contribution in [2.24, 2.45) is 0 Å². The first-order valence-electron chi connectivity index (χ1n) is 6.85. The number of rotatable bonds is 0. The molecular weight excluding hydrogens is 295 g/mol. The monoisotopic (exact) mass is 310 g/mol. The highest BCUT2D eigenvalue weighted by molar-refractivity contribution is 6.31. The number of fused-ring (bicyclic) bond motifs is 3. The van der Waals surface area contributed by atoms with Crippen LogP contribution in [0.2, 0.25) is 5.02 Å². The first-order valence-corrected chi connectivity index (χ1v) is 7.23. The SMILES string of the molecule is Cl.O=C1CCCC2NCCc3c2n1c1ccc(Cl)cc31. The van der Waals surface area contributed by atoms with Crippen molar-refractivity contribution in [3.8, 4) is 0 Å². The number of halogens is 2. The van der Waals surface area contributed by atoms with Crippen LogP contribution in [-0.2, 0) is 6.42 Å². The summed E-state index contributed by atoms with van der Waals surface area (Å²) in [5.74, 6) is 0.222. The number of hydrogen-bond acceptors (Lipinski definition) is 2. The summed E-state index contributed by atoms with van der Waals surface area (Å²) in [5.41, 5.74) is 3.53. The van der Waals surface area contributed by atoms with Gasteiger partial charge in [-0.15, -0.1) is 12.4 Å². The lowest BCUT2D eigenvalue weighted by molar-refractivity contribution is 0.0907. The molecule has 2 aliphatic heterocycles. The van der Waals surface area contributed by atoms with Gasteiger partial charge in [0.25, 0.3) is 0 Å². The van der Waals surface area contributed by atoms with Gasteiger partial charge >= 0.3 is 0 Å². The molecule has 20 heavy (non-hydrogen) atoms. The molecule has 106 valence electrons. The third-order valence-electron chi connectivity index (χ3n) is 4.30. The molecule has 2 aliphatic rings. The molecule has 0 radical (unpaired) electrons. The minimum Gasteiger partial charge on any atom is -0.308 e. The van der Waals surface area contributed by atoms with Crippen LogP contribution in [0, 0.1) is 0 Å². The Morgan fingerprint density at radius 3 is 3.00 bits per heavy atom. The Labute approximate surface area is 128 Å². The molecule has 0 saturated heterocycles. The zero-order chi connectivity index (χ0) is 13.0.